The van der Waals surface area contributed by atoms with E-state index >= 15 is 0 Å². The van der Waals surface area contributed by atoms with Crippen LogP contribution in [0.15, 0.2) is 18.2 Å². The van der Waals surface area contributed by atoms with E-state index in [4.69, 9.17) is 11.6 Å². The third-order valence-corrected chi connectivity index (χ3v) is 4.18. The average Bonchev–Trinajstić information content (AvgIpc) is 2.88. The third-order valence-electron chi connectivity index (χ3n) is 3.95. The number of nitrogens with zero attached hydrogens (tertiary/aromatic N) is 1. The van der Waals surface area contributed by atoms with Crippen molar-refractivity contribution in [2.75, 3.05) is 18.0 Å². The molecule has 19 heavy (non-hydrogen) atoms. The summed E-state index contributed by atoms with van der Waals surface area (Å²) in [4.78, 5) is 2.55. The van der Waals surface area contributed by atoms with Crippen LogP contribution in [0.5, 0.6) is 0 Å². The Kier molecular flexibility index (Phi) is 5.53. The summed E-state index contributed by atoms with van der Waals surface area (Å²) in [7, 11) is 0. The molecule has 3 heteroatoms. The van der Waals surface area contributed by atoms with Crippen molar-refractivity contribution in [3.8, 4) is 0 Å². The summed E-state index contributed by atoms with van der Waals surface area (Å²) in [5, 5.41) is 4.34. The van der Waals surface area contributed by atoms with Crippen LogP contribution in [0, 0.1) is 0 Å². The lowest BCUT2D eigenvalue weighted by Gasteiger charge is -2.28. The van der Waals surface area contributed by atoms with Gasteiger partial charge in [-0.15, -0.1) is 0 Å². The molecule has 0 aliphatic carbocycles. The normalized spacial score (nSPS) is 19.1. The third kappa shape index (κ3) is 3.64. The predicted molar refractivity (Wildman–Crippen MR) is 84.1 cm³/mol. The Morgan fingerprint density at radius 1 is 1.37 bits per heavy atom. The van der Waals surface area contributed by atoms with Crippen molar-refractivity contribution in [2.45, 2.75) is 52.1 Å². The first-order chi connectivity index (χ1) is 9.26. The SMILES string of the molecule is CCCNCc1ccc(Cl)cc1N1CCCC1CC. The average molecular weight is 281 g/mol. The first-order valence-electron chi connectivity index (χ1n) is 7.52. The van der Waals surface area contributed by atoms with Gasteiger partial charge in [-0.1, -0.05) is 31.5 Å². The fourth-order valence-corrected chi connectivity index (χ4v) is 3.10. The lowest BCUT2D eigenvalue weighted by atomic mass is 10.1. The molecule has 1 unspecified atom stereocenters. The van der Waals surface area contributed by atoms with Crippen molar-refractivity contribution in [2.24, 2.45) is 0 Å². The number of rotatable bonds is 6. The highest BCUT2D eigenvalue weighted by Crippen LogP contribution is 2.32. The number of hydrogen-bond donors (Lipinski definition) is 1. The van der Waals surface area contributed by atoms with Gasteiger partial charge in [-0.2, -0.15) is 0 Å². The quantitative estimate of drug-likeness (QED) is 0.785. The van der Waals surface area contributed by atoms with Gasteiger partial charge in [-0.25, -0.2) is 0 Å². The van der Waals surface area contributed by atoms with E-state index in [0.717, 1.165) is 18.1 Å². The van der Waals surface area contributed by atoms with Crippen molar-refractivity contribution >= 4 is 17.3 Å². The maximum absolute atomic E-state index is 6.20. The molecule has 1 aromatic rings. The number of hydrogen-bond acceptors (Lipinski definition) is 2. The van der Waals surface area contributed by atoms with E-state index in [1.807, 2.05) is 6.07 Å². The maximum Gasteiger partial charge on any atom is 0.0429 e. The largest absolute Gasteiger partial charge is 0.368 e. The number of benzene rings is 1. The summed E-state index contributed by atoms with van der Waals surface area (Å²) in [6, 6.07) is 7.00. The van der Waals surface area contributed by atoms with E-state index in [2.05, 4.69) is 36.2 Å². The van der Waals surface area contributed by atoms with Crippen LogP contribution in [-0.2, 0) is 6.54 Å². The Bertz CT molecular complexity index is 406. The maximum atomic E-state index is 6.20. The lowest BCUT2D eigenvalue weighted by molar-refractivity contribution is 0.636. The molecule has 1 aliphatic heterocycles. The van der Waals surface area contributed by atoms with E-state index in [0.29, 0.717) is 6.04 Å². The Labute approximate surface area is 122 Å². The first-order valence-corrected chi connectivity index (χ1v) is 7.89. The van der Waals surface area contributed by atoms with Gasteiger partial charge < -0.3 is 10.2 Å². The van der Waals surface area contributed by atoms with Crippen molar-refractivity contribution in [3.05, 3.63) is 28.8 Å². The van der Waals surface area contributed by atoms with E-state index in [-0.39, 0.29) is 0 Å². The summed E-state index contributed by atoms with van der Waals surface area (Å²) in [6.07, 6.45) is 5.00. The zero-order valence-electron chi connectivity index (χ0n) is 12.1. The van der Waals surface area contributed by atoms with Crippen LogP contribution in [0.25, 0.3) is 0 Å². The fraction of sp³-hybridized carbons (Fsp3) is 0.625. The van der Waals surface area contributed by atoms with Gasteiger partial charge >= 0.3 is 0 Å². The van der Waals surface area contributed by atoms with Gasteiger partial charge in [-0.3, -0.25) is 0 Å². The van der Waals surface area contributed by atoms with Gasteiger partial charge in [0.25, 0.3) is 0 Å². The molecule has 0 spiro atoms. The molecule has 1 heterocycles. The molecule has 1 saturated heterocycles. The molecule has 106 valence electrons. The minimum atomic E-state index is 0.684. The smallest absolute Gasteiger partial charge is 0.0429 e. The number of anilines is 1. The van der Waals surface area contributed by atoms with E-state index in [1.54, 1.807) is 0 Å². The summed E-state index contributed by atoms with van der Waals surface area (Å²) in [6.45, 7) is 7.65. The molecule has 1 aromatic carbocycles. The van der Waals surface area contributed by atoms with E-state index in [1.165, 1.54) is 43.5 Å². The second-order valence-corrected chi connectivity index (χ2v) is 5.78. The molecule has 2 nitrogen and oxygen atoms in total. The Hall–Kier alpha value is -0.730. The van der Waals surface area contributed by atoms with Crippen molar-refractivity contribution in [1.29, 1.82) is 0 Å². The summed E-state index contributed by atoms with van der Waals surface area (Å²) >= 11 is 6.20. The van der Waals surface area contributed by atoms with Gasteiger partial charge in [-0.05, 0) is 49.9 Å². The molecule has 0 saturated carbocycles. The highest BCUT2D eigenvalue weighted by atomic mass is 35.5. The monoisotopic (exact) mass is 280 g/mol. The highest BCUT2D eigenvalue weighted by molar-refractivity contribution is 6.30. The topological polar surface area (TPSA) is 15.3 Å². The van der Waals surface area contributed by atoms with Crippen molar-refractivity contribution < 1.29 is 0 Å². The van der Waals surface area contributed by atoms with Crippen LogP contribution in [-0.4, -0.2) is 19.1 Å². The molecule has 1 aliphatic rings. The van der Waals surface area contributed by atoms with Crippen molar-refractivity contribution in [3.63, 3.8) is 0 Å². The second kappa shape index (κ2) is 7.16. The Balaban J connectivity index is 2.18. The molecule has 0 radical (unpaired) electrons. The standard InChI is InChI=1S/C16H25ClN2/c1-3-9-18-12-13-7-8-14(17)11-16(13)19-10-5-6-15(19)4-2/h7-8,11,15,18H,3-6,9-10,12H2,1-2H3. The van der Waals surface area contributed by atoms with Crippen LogP contribution in [0.3, 0.4) is 0 Å². The van der Waals surface area contributed by atoms with Gasteiger partial charge in [0.1, 0.15) is 0 Å². The zero-order chi connectivity index (χ0) is 13.7. The molecule has 0 aromatic heterocycles. The molecule has 0 amide bonds. The van der Waals surface area contributed by atoms with Crippen LogP contribution in [0.1, 0.15) is 45.1 Å². The van der Waals surface area contributed by atoms with Crippen LogP contribution < -0.4 is 10.2 Å². The van der Waals surface area contributed by atoms with Gasteiger partial charge in [0.2, 0.25) is 0 Å². The minimum absolute atomic E-state index is 0.684. The molecular formula is C16H25ClN2. The van der Waals surface area contributed by atoms with Gasteiger partial charge in [0.05, 0.1) is 0 Å². The fourth-order valence-electron chi connectivity index (χ4n) is 2.93. The van der Waals surface area contributed by atoms with Gasteiger partial charge in [0.15, 0.2) is 0 Å². The first kappa shape index (κ1) is 14.7. The summed E-state index contributed by atoms with van der Waals surface area (Å²) < 4.78 is 0. The number of nitrogens with one attached hydrogen (secondary N) is 1. The summed E-state index contributed by atoms with van der Waals surface area (Å²) in [5.74, 6) is 0. The number of halogens is 1. The minimum Gasteiger partial charge on any atom is -0.368 e. The van der Waals surface area contributed by atoms with Crippen molar-refractivity contribution in [1.82, 2.24) is 5.32 Å². The Morgan fingerprint density at radius 2 is 2.21 bits per heavy atom. The molecule has 1 N–H and O–H groups in total. The molecule has 0 bridgehead atoms. The van der Waals surface area contributed by atoms with E-state index in [9.17, 15) is 0 Å². The molecule has 1 fully saturated rings. The summed E-state index contributed by atoms with van der Waals surface area (Å²) in [5.41, 5.74) is 2.71. The lowest BCUT2D eigenvalue weighted by Crippen LogP contribution is -2.30. The Morgan fingerprint density at radius 3 is 2.95 bits per heavy atom. The predicted octanol–water partition coefficient (Wildman–Crippen LogP) is 4.22. The zero-order valence-corrected chi connectivity index (χ0v) is 12.8. The van der Waals surface area contributed by atoms with Crippen LogP contribution in [0.4, 0.5) is 5.69 Å². The molecule has 2 rings (SSSR count). The molecular weight excluding hydrogens is 256 g/mol. The van der Waals surface area contributed by atoms with E-state index < -0.39 is 0 Å². The molecule has 1 atom stereocenters. The second-order valence-electron chi connectivity index (χ2n) is 5.35. The van der Waals surface area contributed by atoms with Gasteiger partial charge in [0, 0.05) is 29.8 Å². The van der Waals surface area contributed by atoms with Crippen LogP contribution >= 0.6 is 11.6 Å². The highest BCUT2D eigenvalue weighted by Gasteiger charge is 2.24. The van der Waals surface area contributed by atoms with Crippen LogP contribution in [0.2, 0.25) is 5.02 Å².